The van der Waals surface area contributed by atoms with Gasteiger partial charge in [0.15, 0.2) is 0 Å². The maximum absolute atomic E-state index is 12.1. The van der Waals surface area contributed by atoms with Gasteiger partial charge in [0.2, 0.25) is 0 Å². The summed E-state index contributed by atoms with van der Waals surface area (Å²) in [7, 11) is 0. The second-order valence-electron chi connectivity index (χ2n) is 9.46. The number of rotatable bonds is 4. The molecule has 2 fully saturated rings. The molecule has 1 aromatic carbocycles. The van der Waals surface area contributed by atoms with Gasteiger partial charge in [-0.3, -0.25) is 0 Å². The Hall–Kier alpha value is -2.87. The van der Waals surface area contributed by atoms with Crippen LogP contribution >= 0.6 is 0 Å². The molecule has 0 radical (unpaired) electrons. The first kappa shape index (κ1) is 23.8. The molecule has 2 heterocycles. The highest BCUT2D eigenvalue weighted by atomic mass is 16.7. The molecule has 2 aliphatic rings. The molecule has 3 rings (SSSR count). The Labute approximate surface area is 188 Å². The van der Waals surface area contributed by atoms with Crippen molar-refractivity contribution in [2.45, 2.75) is 71.6 Å². The molecule has 0 atom stereocenters. The molecule has 1 aromatic rings. The van der Waals surface area contributed by atoms with Crippen molar-refractivity contribution >= 4 is 24.1 Å². The van der Waals surface area contributed by atoms with E-state index >= 15 is 0 Å². The molecule has 8 nitrogen and oxygen atoms in total. The number of amides is 1. The average Bonchev–Trinajstić information content (AvgIpc) is 2.68. The highest BCUT2D eigenvalue weighted by molar-refractivity contribution is 6.18. The van der Waals surface area contributed by atoms with E-state index in [1.807, 2.05) is 32.9 Å². The van der Waals surface area contributed by atoms with Gasteiger partial charge in [0.25, 0.3) is 5.79 Å². The second-order valence-corrected chi connectivity index (χ2v) is 9.46. The highest BCUT2D eigenvalue weighted by Gasteiger charge is 2.38. The van der Waals surface area contributed by atoms with Crippen LogP contribution in [0.15, 0.2) is 29.8 Å². The Bertz CT molecular complexity index is 866. The predicted molar refractivity (Wildman–Crippen MR) is 116 cm³/mol. The summed E-state index contributed by atoms with van der Waals surface area (Å²) in [5.41, 5.74) is 1.02. The van der Waals surface area contributed by atoms with Crippen LogP contribution in [0.5, 0.6) is 0 Å². The number of carbonyl (C=O) groups excluding carboxylic acids is 3. The molecule has 0 bridgehead atoms. The number of hydrogen-bond acceptors (Lipinski definition) is 7. The Balaban J connectivity index is 1.48. The molecule has 1 amide bonds. The Kier molecular flexibility index (Phi) is 6.93. The third-order valence-corrected chi connectivity index (χ3v) is 4.99. The van der Waals surface area contributed by atoms with Crippen molar-refractivity contribution in [3.8, 4) is 0 Å². The first-order valence-electron chi connectivity index (χ1n) is 10.8. The van der Waals surface area contributed by atoms with Gasteiger partial charge in [0.1, 0.15) is 11.2 Å². The molecule has 0 aromatic heterocycles. The van der Waals surface area contributed by atoms with E-state index in [-0.39, 0.29) is 17.8 Å². The summed E-state index contributed by atoms with van der Waals surface area (Å²) >= 11 is 0. The number of piperidine rings is 1. The Morgan fingerprint density at radius 3 is 2.19 bits per heavy atom. The minimum atomic E-state index is -1.25. The minimum Gasteiger partial charge on any atom is -0.444 e. The van der Waals surface area contributed by atoms with Crippen molar-refractivity contribution in [1.82, 2.24) is 4.90 Å². The summed E-state index contributed by atoms with van der Waals surface area (Å²) < 4.78 is 21.6. The SMILES string of the molecule is CC(C)(C)OC(=O)N1CCC(OCc2ccc(C=C3C(=O)OC(C)(C)OC3=O)cc2)CC1. The third-order valence-electron chi connectivity index (χ3n) is 4.99. The van der Waals surface area contributed by atoms with Crippen molar-refractivity contribution in [3.05, 3.63) is 41.0 Å². The van der Waals surface area contributed by atoms with Crippen LogP contribution in [-0.2, 0) is 35.1 Å². The van der Waals surface area contributed by atoms with Gasteiger partial charge in [-0.2, -0.15) is 0 Å². The van der Waals surface area contributed by atoms with E-state index in [4.69, 9.17) is 18.9 Å². The number of likely N-dealkylation sites (tertiary alicyclic amines) is 1. The number of ether oxygens (including phenoxy) is 4. The van der Waals surface area contributed by atoms with E-state index in [1.54, 1.807) is 17.0 Å². The molecule has 174 valence electrons. The molecule has 8 heteroatoms. The molecule has 0 saturated carbocycles. The van der Waals surface area contributed by atoms with Gasteiger partial charge in [-0.25, -0.2) is 14.4 Å². The number of hydrogen-bond donors (Lipinski definition) is 0. The normalized spacial score (nSPS) is 19.3. The average molecular weight is 446 g/mol. The lowest BCUT2D eigenvalue weighted by atomic mass is 10.1. The fourth-order valence-corrected chi connectivity index (χ4v) is 3.40. The van der Waals surface area contributed by atoms with Gasteiger partial charge in [0, 0.05) is 26.9 Å². The van der Waals surface area contributed by atoms with Crippen molar-refractivity contribution in [3.63, 3.8) is 0 Å². The summed E-state index contributed by atoms with van der Waals surface area (Å²) in [6, 6.07) is 7.37. The summed E-state index contributed by atoms with van der Waals surface area (Å²) in [6.07, 6.45) is 2.76. The number of carbonyl (C=O) groups is 3. The minimum absolute atomic E-state index is 0.0746. The van der Waals surface area contributed by atoms with E-state index in [0.717, 1.165) is 18.4 Å². The van der Waals surface area contributed by atoms with Gasteiger partial charge >= 0.3 is 18.0 Å². The molecular formula is C24H31NO7. The van der Waals surface area contributed by atoms with Crippen LogP contribution in [0.1, 0.15) is 58.6 Å². The highest BCUT2D eigenvalue weighted by Crippen LogP contribution is 2.24. The monoisotopic (exact) mass is 445 g/mol. The first-order chi connectivity index (χ1) is 14.9. The maximum atomic E-state index is 12.1. The number of cyclic esters (lactones) is 2. The van der Waals surface area contributed by atoms with Crippen LogP contribution in [-0.4, -0.2) is 53.5 Å². The molecule has 32 heavy (non-hydrogen) atoms. The number of nitrogens with zero attached hydrogens (tertiary/aromatic N) is 1. The third kappa shape index (κ3) is 6.56. The van der Waals surface area contributed by atoms with Crippen LogP contribution in [0.4, 0.5) is 4.79 Å². The number of esters is 2. The molecule has 2 saturated heterocycles. The van der Waals surface area contributed by atoms with Gasteiger partial charge in [0.05, 0.1) is 12.7 Å². The van der Waals surface area contributed by atoms with Crippen molar-refractivity contribution in [2.24, 2.45) is 0 Å². The molecule has 0 N–H and O–H groups in total. The lowest BCUT2D eigenvalue weighted by Crippen LogP contribution is -2.43. The quantitative estimate of drug-likeness (QED) is 0.395. The van der Waals surface area contributed by atoms with E-state index in [2.05, 4.69) is 0 Å². The summed E-state index contributed by atoms with van der Waals surface area (Å²) in [5.74, 6) is -2.65. The largest absolute Gasteiger partial charge is 0.444 e. The topological polar surface area (TPSA) is 91.4 Å². The summed E-state index contributed by atoms with van der Waals surface area (Å²) in [6.45, 7) is 10.2. The van der Waals surface area contributed by atoms with Crippen molar-refractivity contribution in [2.75, 3.05) is 13.1 Å². The van der Waals surface area contributed by atoms with E-state index in [1.165, 1.54) is 19.9 Å². The molecule has 2 aliphatic heterocycles. The fraction of sp³-hybridized carbons (Fsp3) is 0.542. The van der Waals surface area contributed by atoms with Gasteiger partial charge in [-0.15, -0.1) is 0 Å². The van der Waals surface area contributed by atoms with Crippen molar-refractivity contribution < 1.29 is 33.3 Å². The molecule has 0 spiro atoms. The Morgan fingerprint density at radius 2 is 1.66 bits per heavy atom. The zero-order valence-corrected chi connectivity index (χ0v) is 19.3. The van der Waals surface area contributed by atoms with Gasteiger partial charge < -0.3 is 23.8 Å². The predicted octanol–water partition coefficient (Wildman–Crippen LogP) is 3.82. The van der Waals surface area contributed by atoms with Crippen LogP contribution in [0.3, 0.4) is 0 Å². The van der Waals surface area contributed by atoms with Crippen LogP contribution in [0.25, 0.3) is 6.08 Å². The Morgan fingerprint density at radius 1 is 1.09 bits per heavy atom. The van der Waals surface area contributed by atoms with E-state index in [9.17, 15) is 14.4 Å². The zero-order valence-electron chi connectivity index (χ0n) is 19.3. The molecular weight excluding hydrogens is 414 g/mol. The second kappa shape index (κ2) is 9.32. The lowest BCUT2D eigenvalue weighted by molar-refractivity contribution is -0.222. The standard InChI is InChI=1S/C24H31NO7/c1-23(2,3)32-22(28)25-12-10-18(11-13-25)29-15-17-8-6-16(7-9-17)14-19-20(26)30-24(4,5)31-21(19)27/h6-9,14,18H,10-13,15H2,1-5H3. The molecule has 0 unspecified atom stereocenters. The van der Waals surface area contributed by atoms with Crippen molar-refractivity contribution in [1.29, 1.82) is 0 Å². The smallest absolute Gasteiger partial charge is 0.410 e. The van der Waals surface area contributed by atoms with Crippen LogP contribution < -0.4 is 0 Å². The van der Waals surface area contributed by atoms with Crippen LogP contribution in [0, 0.1) is 0 Å². The zero-order chi connectivity index (χ0) is 23.5. The fourth-order valence-electron chi connectivity index (χ4n) is 3.40. The van der Waals surface area contributed by atoms with E-state index < -0.39 is 23.3 Å². The van der Waals surface area contributed by atoms with Gasteiger partial charge in [-0.1, -0.05) is 24.3 Å². The lowest BCUT2D eigenvalue weighted by Gasteiger charge is -2.33. The molecule has 0 aliphatic carbocycles. The van der Waals surface area contributed by atoms with E-state index in [0.29, 0.717) is 25.3 Å². The van der Waals surface area contributed by atoms with Gasteiger partial charge in [-0.05, 0) is 50.8 Å². The van der Waals surface area contributed by atoms with Crippen LogP contribution in [0.2, 0.25) is 0 Å². The maximum Gasteiger partial charge on any atom is 0.410 e. The summed E-state index contributed by atoms with van der Waals surface area (Å²) in [5, 5.41) is 0. The first-order valence-corrected chi connectivity index (χ1v) is 10.8. The summed E-state index contributed by atoms with van der Waals surface area (Å²) in [4.78, 5) is 38.0. The number of benzene rings is 1.